The summed E-state index contributed by atoms with van der Waals surface area (Å²) in [5.74, 6) is -1.14. The molecule has 0 aromatic rings. The maximum Gasteiger partial charge on any atom is 0.322 e. The summed E-state index contributed by atoms with van der Waals surface area (Å²) >= 11 is 0. The summed E-state index contributed by atoms with van der Waals surface area (Å²) in [5, 5.41) is 14.0. The average molecular weight is 236 g/mol. The molecular formula is C8H16N2O4S. The van der Waals surface area contributed by atoms with Gasteiger partial charge in [-0.25, -0.2) is 5.14 Å². The Kier molecular flexibility index (Phi) is 3.09. The highest BCUT2D eigenvalue weighted by molar-refractivity contribution is 7.86. The van der Waals surface area contributed by atoms with Crippen LogP contribution in [0.4, 0.5) is 0 Å². The van der Waals surface area contributed by atoms with Crippen LogP contribution in [0.3, 0.4) is 0 Å². The molecule has 0 aromatic heterocycles. The molecule has 0 aromatic carbocycles. The number of nitrogens with zero attached hydrogens (tertiary/aromatic N) is 1. The molecular weight excluding hydrogens is 220 g/mol. The molecule has 0 bridgehead atoms. The van der Waals surface area contributed by atoms with Gasteiger partial charge in [0, 0.05) is 6.54 Å². The largest absolute Gasteiger partial charge is 0.480 e. The van der Waals surface area contributed by atoms with Crippen LogP contribution in [0.5, 0.6) is 0 Å². The van der Waals surface area contributed by atoms with E-state index in [-0.39, 0.29) is 6.54 Å². The van der Waals surface area contributed by atoms with E-state index in [1.165, 1.54) is 0 Å². The van der Waals surface area contributed by atoms with E-state index in [4.69, 9.17) is 10.2 Å². The van der Waals surface area contributed by atoms with Crippen molar-refractivity contribution in [2.75, 3.05) is 6.54 Å². The Balaban J connectivity index is 3.12. The second-order valence-corrected chi connectivity index (χ2v) is 5.99. The fourth-order valence-corrected chi connectivity index (χ4v) is 3.13. The monoisotopic (exact) mass is 236 g/mol. The number of nitrogens with two attached hydrogens (primary N) is 1. The molecule has 0 radical (unpaired) electrons. The van der Waals surface area contributed by atoms with Gasteiger partial charge in [0.25, 0.3) is 10.2 Å². The third kappa shape index (κ3) is 2.47. The van der Waals surface area contributed by atoms with Crippen molar-refractivity contribution in [1.82, 2.24) is 4.31 Å². The number of carbonyl (C=O) groups is 1. The van der Waals surface area contributed by atoms with Crippen LogP contribution in [-0.4, -0.2) is 36.4 Å². The molecule has 7 heteroatoms. The molecule has 15 heavy (non-hydrogen) atoms. The zero-order valence-corrected chi connectivity index (χ0v) is 9.62. The third-order valence-electron chi connectivity index (χ3n) is 2.79. The number of carboxylic acids is 1. The highest BCUT2D eigenvalue weighted by Gasteiger charge is 2.46. The summed E-state index contributed by atoms with van der Waals surface area (Å²) in [4.78, 5) is 11.1. The van der Waals surface area contributed by atoms with Crippen molar-refractivity contribution in [2.24, 2.45) is 10.6 Å². The van der Waals surface area contributed by atoms with Crippen LogP contribution >= 0.6 is 0 Å². The van der Waals surface area contributed by atoms with E-state index in [9.17, 15) is 13.2 Å². The van der Waals surface area contributed by atoms with Crippen LogP contribution in [0.1, 0.15) is 26.7 Å². The molecule has 1 atom stereocenters. The lowest BCUT2D eigenvalue weighted by molar-refractivity contribution is -0.147. The molecule has 1 aliphatic heterocycles. The average Bonchev–Trinajstić information content (AvgIpc) is 1.99. The van der Waals surface area contributed by atoms with Crippen molar-refractivity contribution in [2.45, 2.75) is 32.7 Å². The van der Waals surface area contributed by atoms with E-state index in [1.54, 1.807) is 13.8 Å². The van der Waals surface area contributed by atoms with Gasteiger partial charge in [-0.3, -0.25) is 4.79 Å². The van der Waals surface area contributed by atoms with Crippen molar-refractivity contribution in [1.29, 1.82) is 0 Å². The smallest absolute Gasteiger partial charge is 0.322 e. The van der Waals surface area contributed by atoms with Crippen LogP contribution in [0.15, 0.2) is 0 Å². The Morgan fingerprint density at radius 2 is 2.07 bits per heavy atom. The molecule has 6 nitrogen and oxygen atoms in total. The summed E-state index contributed by atoms with van der Waals surface area (Å²) in [6, 6.07) is -1.07. The number of hydrogen-bond acceptors (Lipinski definition) is 3. The van der Waals surface area contributed by atoms with E-state index in [0.29, 0.717) is 12.8 Å². The molecule has 1 fully saturated rings. The van der Waals surface area contributed by atoms with Crippen molar-refractivity contribution in [3.8, 4) is 0 Å². The fourth-order valence-electron chi connectivity index (χ4n) is 2.08. The zero-order valence-electron chi connectivity index (χ0n) is 8.80. The SMILES string of the molecule is CC1(C)CCCN(S(N)(=O)=O)C1C(=O)O. The summed E-state index contributed by atoms with van der Waals surface area (Å²) in [6.45, 7) is 3.66. The van der Waals surface area contributed by atoms with E-state index < -0.39 is 27.6 Å². The summed E-state index contributed by atoms with van der Waals surface area (Å²) in [7, 11) is -3.94. The van der Waals surface area contributed by atoms with E-state index in [0.717, 1.165) is 4.31 Å². The molecule has 1 aliphatic rings. The Bertz CT molecular complexity index is 363. The standard InChI is InChI=1S/C8H16N2O4S/c1-8(2)4-3-5-10(15(9,13)14)6(8)7(11)12/h6H,3-5H2,1-2H3,(H,11,12)(H2,9,13,14). The normalized spacial score (nSPS) is 27.5. The number of aliphatic carboxylic acids is 1. The Hall–Kier alpha value is -0.660. The molecule has 1 saturated heterocycles. The molecule has 0 amide bonds. The topological polar surface area (TPSA) is 101 Å². The molecule has 88 valence electrons. The van der Waals surface area contributed by atoms with Crippen LogP contribution in [-0.2, 0) is 15.0 Å². The summed E-state index contributed by atoms with van der Waals surface area (Å²) in [6.07, 6.45) is 1.31. The van der Waals surface area contributed by atoms with Gasteiger partial charge in [0.05, 0.1) is 0 Å². The van der Waals surface area contributed by atoms with Crippen molar-refractivity contribution >= 4 is 16.2 Å². The van der Waals surface area contributed by atoms with Gasteiger partial charge >= 0.3 is 5.97 Å². The molecule has 0 aliphatic carbocycles. The first kappa shape index (κ1) is 12.4. The van der Waals surface area contributed by atoms with Gasteiger partial charge in [-0.05, 0) is 18.3 Å². The lowest BCUT2D eigenvalue weighted by Crippen LogP contribution is -2.57. The number of piperidine rings is 1. The first-order valence-corrected chi connectivity index (χ1v) is 6.19. The molecule has 0 saturated carbocycles. The first-order valence-electron chi connectivity index (χ1n) is 4.68. The maximum atomic E-state index is 11.2. The van der Waals surface area contributed by atoms with Crippen molar-refractivity contribution < 1.29 is 18.3 Å². The Morgan fingerprint density at radius 1 is 1.53 bits per heavy atom. The highest BCUT2D eigenvalue weighted by Crippen LogP contribution is 2.35. The zero-order chi connectivity index (χ0) is 11.9. The predicted octanol–water partition coefficient (Wildman–Crippen LogP) is -0.235. The van der Waals surface area contributed by atoms with Gasteiger partial charge < -0.3 is 5.11 Å². The molecule has 1 rings (SSSR count). The van der Waals surface area contributed by atoms with Crippen molar-refractivity contribution in [3.05, 3.63) is 0 Å². The van der Waals surface area contributed by atoms with Gasteiger partial charge in [0.15, 0.2) is 0 Å². The Labute approximate surface area is 89.2 Å². The number of carboxylic acid groups (broad SMARTS) is 1. The van der Waals surface area contributed by atoms with Gasteiger partial charge in [-0.1, -0.05) is 13.8 Å². The highest BCUT2D eigenvalue weighted by atomic mass is 32.2. The molecule has 3 N–H and O–H groups in total. The van der Waals surface area contributed by atoms with Gasteiger partial charge in [-0.15, -0.1) is 0 Å². The van der Waals surface area contributed by atoms with Crippen LogP contribution < -0.4 is 5.14 Å². The lowest BCUT2D eigenvalue weighted by atomic mass is 9.77. The minimum atomic E-state index is -3.94. The molecule has 1 heterocycles. The van der Waals surface area contributed by atoms with Gasteiger partial charge in [-0.2, -0.15) is 12.7 Å². The van der Waals surface area contributed by atoms with Crippen molar-refractivity contribution in [3.63, 3.8) is 0 Å². The van der Waals surface area contributed by atoms with Gasteiger partial charge in [0.1, 0.15) is 6.04 Å². The number of hydrogen-bond donors (Lipinski definition) is 2. The second-order valence-electron chi connectivity index (χ2n) is 4.49. The quantitative estimate of drug-likeness (QED) is 0.691. The Morgan fingerprint density at radius 3 is 2.40 bits per heavy atom. The van der Waals surface area contributed by atoms with Crippen LogP contribution in [0.25, 0.3) is 0 Å². The summed E-state index contributed by atoms with van der Waals surface area (Å²) in [5.41, 5.74) is -0.587. The fraction of sp³-hybridized carbons (Fsp3) is 0.875. The van der Waals surface area contributed by atoms with Crippen LogP contribution in [0, 0.1) is 5.41 Å². The third-order valence-corrected chi connectivity index (χ3v) is 3.84. The maximum absolute atomic E-state index is 11.2. The molecule has 1 unspecified atom stereocenters. The van der Waals surface area contributed by atoms with Gasteiger partial charge in [0.2, 0.25) is 0 Å². The predicted molar refractivity (Wildman–Crippen MR) is 54.3 cm³/mol. The molecule has 0 spiro atoms. The number of rotatable bonds is 2. The lowest BCUT2D eigenvalue weighted by Gasteiger charge is -2.42. The van der Waals surface area contributed by atoms with E-state index in [2.05, 4.69) is 0 Å². The van der Waals surface area contributed by atoms with E-state index in [1.807, 2.05) is 0 Å². The minimum Gasteiger partial charge on any atom is -0.480 e. The van der Waals surface area contributed by atoms with E-state index >= 15 is 0 Å². The van der Waals surface area contributed by atoms with Crippen LogP contribution in [0.2, 0.25) is 0 Å². The minimum absolute atomic E-state index is 0.180. The summed E-state index contributed by atoms with van der Waals surface area (Å²) < 4.78 is 23.3. The second kappa shape index (κ2) is 3.73. The first-order chi connectivity index (χ1) is 6.66.